The zero-order valence-corrected chi connectivity index (χ0v) is 12.7. The molecule has 1 amide bonds. The first-order chi connectivity index (χ1) is 9.17. The molecule has 6 nitrogen and oxygen atoms in total. The Kier molecular flexibility index (Phi) is 3.71. The summed E-state index contributed by atoms with van der Waals surface area (Å²) >= 11 is 0. The standard InChI is InChI=1S/C14H24N2O4/c1-13(2,3)20-12(19)16-8-10-6-5-7-15(4)14(10,9-16)11(17)18/h10H,5-9H2,1-4H3,(H,17,18)/t10?,14-/m0/s1. The predicted molar refractivity (Wildman–Crippen MR) is 73.5 cm³/mol. The lowest BCUT2D eigenvalue weighted by Crippen LogP contribution is -2.61. The highest BCUT2D eigenvalue weighted by Crippen LogP contribution is 2.39. The minimum atomic E-state index is -0.949. The highest BCUT2D eigenvalue weighted by Gasteiger charge is 2.57. The number of carboxylic acid groups (broad SMARTS) is 1. The van der Waals surface area contributed by atoms with Crippen molar-refractivity contribution in [2.75, 3.05) is 26.7 Å². The van der Waals surface area contributed by atoms with E-state index in [-0.39, 0.29) is 12.5 Å². The van der Waals surface area contributed by atoms with E-state index in [1.807, 2.05) is 32.7 Å². The number of nitrogens with zero attached hydrogens (tertiary/aromatic N) is 2. The number of rotatable bonds is 1. The smallest absolute Gasteiger partial charge is 0.410 e. The van der Waals surface area contributed by atoms with Crippen LogP contribution in [0.5, 0.6) is 0 Å². The van der Waals surface area contributed by atoms with Gasteiger partial charge in [-0.25, -0.2) is 4.79 Å². The first-order valence-corrected chi connectivity index (χ1v) is 7.09. The lowest BCUT2D eigenvalue weighted by atomic mass is 9.79. The number of likely N-dealkylation sites (N-methyl/N-ethyl adjacent to an activating group) is 1. The summed E-state index contributed by atoms with van der Waals surface area (Å²) in [6.07, 6.45) is 1.40. The largest absolute Gasteiger partial charge is 0.480 e. The number of likely N-dealkylation sites (tertiary alicyclic amines) is 2. The van der Waals surface area contributed by atoms with Gasteiger partial charge in [-0.3, -0.25) is 9.69 Å². The van der Waals surface area contributed by atoms with Crippen LogP contribution in [0, 0.1) is 5.92 Å². The van der Waals surface area contributed by atoms with Crippen molar-refractivity contribution in [1.29, 1.82) is 0 Å². The fourth-order valence-corrected chi connectivity index (χ4v) is 3.31. The average molecular weight is 284 g/mol. The Labute approximate surface area is 119 Å². The van der Waals surface area contributed by atoms with Crippen molar-refractivity contribution >= 4 is 12.1 Å². The van der Waals surface area contributed by atoms with E-state index in [1.165, 1.54) is 0 Å². The summed E-state index contributed by atoms with van der Waals surface area (Å²) in [5, 5.41) is 9.68. The van der Waals surface area contributed by atoms with E-state index in [4.69, 9.17) is 4.74 Å². The van der Waals surface area contributed by atoms with Gasteiger partial charge >= 0.3 is 12.1 Å². The summed E-state index contributed by atoms with van der Waals surface area (Å²) in [6.45, 7) is 6.86. The second-order valence-electron chi connectivity index (χ2n) is 6.85. The molecule has 6 heteroatoms. The van der Waals surface area contributed by atoms with E-state index in [0.717, 1.165) is 19.4 Å². The number of aliphatic carboxylic acids is 1. The molecule has 2 heterocycles. The summed E-state index contributed by atoms with van der Waals surface area (Å²) in [6, 6.07) is 0. The van der Waals surface area contributed by atoms with E-state index in [0.29, 0.717) is 6.54 Å². The lowest BCUT2D eigenvalue weighted by Gasteiger charge is -2.42. The maximum Gasteiger partial charge on any atom is 0.410 e. The van der Waals surface area contributed by atoms with Gasteiger partial charge in [0, 0.05) is 12.5 Å². The van der Waals surface area contributed by atoms with E-state index < -0.39 is 23.2 Å². The molecule has 0 radical (unpaired) electrons. The van der Waals surface area contributed by atoms with Crippen LogP contribution >= 0.6 is 0 Å². The molecule has 2 atom stereocenters. The second-order valence-corrected chi connectivity index (χ2v) is 6.85. The third kappa shape index (κ3) is 2.49. The molecule has 0 bridgehead atoms. The average Bonchev–Trinajstić information content (AvgIpc) is 2.69. The van der Waals surface area contributed by atoms with Gasteiger partial charge in [-0.05, 0) is 47.2 Å². The van der Waals surface area contributed by atoms with Crippen molar-refractivity contribution in [3.63, 3.8) is 0 Å². The Bertz CT molecular complexity index is 418. The molecular weight excluding hydrogens is 260 g/mol. The highest BCUT2D eigenvalue weighted by atomic mass is 16.6. The fourth-order valence-electron chi connectivity index (χ4n) is 3.31. The molecule has 2 rings (SSSR count). The number of carbonyl (C=O) groups excluding carboxylic acids is 1. The number of fused-ring (bicyclic) bond motifs is 1. The molecule has 2 saturated heterocycles. The van der Waals surface area contributed by atoms with E-state index in [2.05, 4.69) is 0 Å². The van der Waals surface area contributed by atoms with Crippen LogP contribution in [0.4, 0.5) is 4.79 Å². The van der Waals surface area contributed by atoms with Crippen molar-refractivity contribution in [2.24, 2.45) is 5.92 Å². The monoisotopic (exact) mass is 284 g/mol. The van der Waals surface area contributed by atoms with Crippen LogP contribution in [0.25, 0.3) is 0 Å². The van der Waals surface area contributed by atoms with Gasteiger partial charge in [0.05, 0.1) is 6.54 Å². The van der Waals surface area contributed by atoms with E-state index >= 15 is 0 Å². The van der Waals surface area contributed by atoms with Crippen LogP contribution < -0.4 is 0 Å². The van der Waals surface area contributed by atoms with Gasteiger partial charge in [0.15, 0.2) is 0 Å². The van der Waals surface area contributed by atoms with Crippen LogP contribution in [-0.2, 0) is 9.53 Å². The minimum absolute atomic E-state index is 0.0220. The predicted octanol–water partition coefficient (Wildman–Crippen LogP) is 1.40. The molecule has 1 unspecified atom stereocenters. The zero-order chi connectivity index (χ0) is 15.1. The molecule has 0 aromatic rings. The van der Waals surface area contributed by atoms with Crippen LogP contribution in [0.15, 0.2) is 0 Å². The van der Waals surface area contributed by atoms with Gasteiger partial charge < -0.3 is 14.7 Å². The maximum atomic E-state index is 12.2. The first kappa shape index (κ1) is 15.1. The summed E-state index contributed by atoms with van der Waals surface area (Å²) in [7, 11) is 1.83. The number of carbonyl (C=O) groups is 2. The quantitative estimate of drug-likeness (QED) is 0.788. The Balaban J connectivity index is 2.18. The number of amides is 1. The Morgan fingerprint density at radius 1 is 1.35 bits per heavy atom. The lowest BCUT2D eigenvalue weighted by molar-refractivity contribution is -0.154. The molecule has 1 N–H and O–H groups in total. The molecule has 0 aromatic heterocycles. The zero-order valence-electron chi connectivity index (χ0n) is 12.7. The molecule has 2 fully saturated rings. The Morgan fingerprint density at radius 2 is 2.00 bits per heavy atom. The molecule has 0 aliphatic carbocycles. The van der Waals surface area contributed by atoms with Crippen molar-refractivity contribution in [2.45, 2.75) is 44.8 Å². The Hall–Kier alpha value is -1.30. The number of hydrogen-bond acceptors (Lipinski definition) is 4. The maximum absolute atomic E-state index is 12.2. The van der Waals surface area contributed by atoms with Gasteiger partial charge in [-0.15, -0.1) is 0 Å². The normalized spacial score (nSPS) is 31.0. The molecule has 2 aliphatic heterocycles. The number of hydrogen-bond donors (Lipinski definition) is 1. The summed E-state index contributed by atoms with van der Waals surface area (Å²) < 4.78 is 5.36. The van der Waals surface area contributed by atoms with E-state index in [9.17, 15) is 14.7 Å². The Morgan fingerprint density at radius 3 is 2.50 bits per heavy atom. The summed E-state index contributed by atoms with van der Waals surface area (Å²) in [5.74, 6) is -0.859. The third-order valence-corrected chi connectivity index (χ3v) is 4.30. The van der Waals surface area contributed by atoms with Crippen LogP contribution in [0.3, 0.4) is 0 Å². The SMILES string of the molecule is CN1CCCC2CN(C(=O)OC(C)(C)C)C[C@@]21C(=O)O. The summed E-state index contributed by atoms with van der Waals surface area (Å²) in [5.41, 5.74) is -1.51. The van der Waals surface area contributed by atoms with Gasteiger partial charge in [0.25, 0.3) is 0 Å². The number of carboxylic acids is 1. The van der Waals surface area contributed by atoms with E-state index in [1.54, 1.807) is 4.90 Å². The molecule has 2 aliphatic rings. The van der Waals surface area contributed by atoms with Crippen molar-refractivity contribution < 1.29 is 19.4 Å². The van der Waals surface area contributed by atoms with Crippen LogP contribution in [-0.4, -0.2) is 64.8 Å². The molecule has 114 valence electrons. The fraction of sp³-hybridized carbons (Fsp3) is 0.857. The van der Waals surface area contributed by atoms with Crippen molar-refractivity contribution in [1.82, 2.24) is 9.80 Å². The van der Waals surface area contributed by atoms with Gasteiger partial charge in [0.1, 0.15) is 11.1 Å². The van der Waals surface area contributed by atoms with Crippen molar-refractivity contribution in [3.8, 4) is 0 Å². The molecular formula is C14H24N2O4. The van der Waals surface area contributed by atoms with Crippen LogP contribution in [0.1, 0.15) is 33.6 Å². The third-order valence-electron chi connectivity index (χ3n) is 4.30. The molecule has 0 aromatic carbocycles. The second kappa shape index (κ2) is 4.91. The first-order valence-electron chi connectivity index (χ1n) is 7.09. The van der Waals surface area contributed by atoms with Gasteiger partial charge in [0.2, 0.25) is 0 Å². The highest BCUT2D eigenvalue weighted by molar-refractivity contribution is 5.82. The van der Waals surface area contributed by atoms with Crippen molar-refractivity contribution in [3.05, 3.63) is 0 Å². The number of piperidine rings is 1. The topological polar surface area (TPSA) is 70.1 Å². The van der Waals surface area contributed by atoms with Gasteiger partial charge in [-0.2, -0.15) is 0 Å². The molecule has 0 saturated carbocycles. The van der Waals surface area contributed by atoms with Crippen LogP contribution in [0.2, 0.25) is 0 Å². The minimum Gasteiger partial charge on any atom is -0.480 e. The summed E-state index contributed by atoms with van der Waals surface area (Å²) in [4.78, 5) is 27.4. The number of ether oxygens (including phenoxy) is 1. The molecule has 20 heavy (non-hydrogen) atoms. The van der Waals surface area contributed by atoms with Gasteiger partial charge in [-0.1, -0.05) is 0 Å². The molecule has 0 spiro atoms.